The number of para-hydroxylation sites is 1. The van der Waals surface area contributed by atoms with E-state index in [0.29, 0.717) is 21.4 Å². The van der Waals surface area contributed by atoms with E-state index in [9.17, 15) is 9.59 Å². The quantitative estimate of drug-likeness (QED) is 0.671. The molecular weight excluding hydrogens is 373 g/mol. The first-order chi connectivity index (χ1) is 12.5. The van der Waals surface area contributed by atoms with Gasteiger partial charge in [-0.1, -0.05) is 47.5 Å². The van der Waals surface area contributed by atoms with E-state index in [1.54, 1.807) is 54.6 Å². The number of rotatable bonds is 4. The lowest BCUT2D eigenvalue weighted by atomic mass is 10.2. The fourth-order valence-electron chi connectivity index (χ4n) is 2.20. The maximum atomic E-state index is 12.4. The van der Waals surface area contributed by atoms with Crippen LogP contribution in [0, 0.1) is 0 Å². The lowest BCUT2D eigenvalue weighted by Crippen LogP contribution is -2.18. The number of hydrogen-bond donors (Lipinski definition) is 2. The van der Waals surface area contributed by atoms with Crippen LogP contribution in [0.1, 0.15) is 21.0 Å². The fourth-order valence-corrected chi connectivity index (χ4v) is 2.57. The third kappa shape index (κ3) is 4.39. The zero-order valence-corrected chi connectivity index (χ0v) is 14.9. The van der Waals surface area contributed by atoms with Crippen molar-refractivity contribution >= 4 is 46.4 Å². The molecule has 1 aromatic heterocycles. The van der Waals surface area contributed by atoms with Gasteiger partial charge in [0, 0.05) is 10.7 Å². The predicted octanol–water partition coefficient (Wildman–Crippen LogP) is 4.89. The van der Waals surface area contributed by atoms with Crippen LogP contribution in [0.25, 0.3) is 0 Å². The van der Waals surface area contributed by atoms with Crippen molar-refractivity contribution in [2.24, 2.45) is 0 Å². The fraction of sp³-hybridized carbons (Fsp3) is 0. The van der Waals surface area contributed by atoms with Gasteiger partial charge in [-0.25, -0.2) is 4.98 Å². The highest BCUT2D eigenvalue weighted by molar-refractivity contribution is 6.33. The number of hydrogen-bond acceptors (Lipinski definition) is 3. The van der Waals surface area contributed by atoms with Crippen LogP contribution in [0.2, 0.25) is 10.0 Å². The molecule has 0 saturated heterocycles. The van der Waals surface area contributed by atoms with Crippen molar-refractivity contribution in [1.82, 2.24) is 4.98 Å². The number of carbonyl (C=O) groups excluding carboxylic acids is 2. The summed E-state index contributed by atoms with van der Waals surface area (Å²) in [5.41, 5.74) is 1.21. The molecule has 2 aromatic carbocycles. The van der Waals surface area contributed by atoms with Gasteiger partial charge in [0.1, 0.15) is 11.4 Å². The third-order valence-electron chi connectivity index (χ3n) is 3.42. The number of halogens is 2. The second-order valence-corrected chi connectivity index (χ2v) is 6.15. The van der Waals surface area contributed by atoms with E-state index >= 15 is 0 Å². The number of aromatic nitrogens is 1. The first-order valence-electron chi connectivity index (χ1n) is 7.63. The van der Waals surface area contributed by atoms with Gasteiger partial charge in [0.25, 0.3) is 11.8 Å². The molecule has 0 unspecified atom stereocenters. The summed E-state index contributed by atoms with van der Waals surface area (Å²) in [6.45, 7) is 0. The molecule has 0 saturated carbocycles. The molecule has 0 aliphatic rings. The van der Waals surface area contributed by atoms with Crippen LogP contribution in [-0.2, 0) is 0 Å². The molecule has 0 radical (unpaired) electrons. The Bertz CT molecular complexity index is 976. The van der Waals surface area contributed by atoms with E-state index in [-0.39, 0.29) is 11.4 Å². The summed E-state index contributed by atoms with van der Waals surface area (Å²) in [6.07, 6.45) is 0. The van der Waals surface area contributed by atoms with Crippen LogP contribution in [0.5, 0.6) is 0 Å². The van der Waals surface area contributed by atoms with Gasteiger partial charge >= 0.3 is 0 Å². The second kappa shape index (κ2) is 7.99. The van der Waals surface area contributed by atoms with Gasteiger partial charge in [-0.3, -0.25) is 9.59 Å². The van der Waals surface area contributed by atoms with Gasteiger partial charge in [-0.2, -0.15) is 0 Å². The third-order valence-corrected chi connectivity index (χ3v) is 3.98. The summed E-state index contributed by atoms with van der Waals surface area (Å²) in [6, 6.07) is 18.2. The van der Waals surface area contributed by atoms with Crippen molar-refractivity contribution in [2.45, 2.75) is 0 Å². The lowest BCUT2D eigenvalue weighted by molar-refractivity contribution is 0.101. The summed E-state index contributed by atoms with van der Waals surface area (Å²) in [7, 11) is 0. The zero-order valence-electron chi connectivity index (χ0n) is 13.4. The van der Waals surface area contributed by atoms with Crippen molar-refractivity contribution in [1.29, 1.82) is 0 Å². The van der Waals surface area contributed by atoms with Gasteiger partial charge in [-0.15, -0.1) is 0 Å². The number of anilines is 2. The Kier molecular flexibility index (Phi) is 5.51. The molecule has 3 rings (SSSR count). The van der Waals surface area contributed by atoms with E-state index in [1.807, 2.05) is 0 Å². The second-order valence-electron chi connectivity index (χ2n) is 5.31. The van der Waals surface area contributed by atoms with Crippen LogP contribution < -0.4 is 10.6 Å². The van der Waals surface area contributed by atoms with Crippen molar-refractivity contribution < 1.29 is 9.59 Å². The average Bonchev–Trinajstić information content (AvgIpc) is 2.63. The van der Waals surface area contributed by atoms with E-state index in [2.05, 4.69) is 15.6 Å². The summed E-state index contributed by atoms with van der Waals surface area (Å²) >= 11 is 11.9. The average molecular weight is 386 g/mol. The number of nitrogens with zero attached hydrogens (tertiary/aromatic N) is 1. The Morgan fingerprint density at radius 3 is 2.12 bits per heavy atom. The molecule has 0 fully saturated rings. The Labute approximate surface area is 160 Å². The predicted molar refractivity (Wildman–Crippen MR) is 103 cm³/mol. The lowest BCUT2D eigenvalue weighted by Gasteiger charge is -2.08. The normalized spacial score (nSPS) is 10.2. The summed E-state index contributed by atoms with van der Waals surface area (Å²) < 4.78 is 0. The molecule has 5 nitrogen and oxygen atoms in total. The molecule has 0 aliphatic carbocycles. The number of pyridine rings is 1. The van der Waals surface area contributed by atoms with Crippen molar-refractivity contribution in [3.05, 3.63) is 88.2 Å². The van der Waals surface area contributed by atoms with Gasteiger partial charge in [0.05, 0.1) is 10.7 Å². The van der Waals surface area contributed by atoms with Gasteiger partial charge in [0.15, 0.2) is 0 Å². The standard InChI is InChI=1S/C19H13Cl2N3O2/c20-12-5-3-6-13(11-12)22-18(25)16-9-4-10-17(23-16)19(26)24-15-8-2-1-7-14(15)21/h1-11H,(H,22,25)(H,24,26). The molecule has 1 heterocycles. The van der Waals surface area contributed by atoms with Gasteiger partial charge in [0.2, 0.25) is 0 Å². The Morgan fingerprint density at radius 2 is 1.42 bits per heavy atom. The smallest absolute Gasteiger partial charge is 0.274 e. The Hall–Kier alpha value is -2.89. The van der Waals surface area contributed by atoms with Crippen molar-refractivity contribution in [3.63, 3.8) is 0 Å². The molecule has 7 heteroatoms. The molecule has 2 amide bonds. The van der Waals surface area contributed by atoms with Gasteiger partial charge in [-0.05, 0) is 42.5 Å². The minimum atomic E-state index is -0.462. The summed E-state index contributed by atoms with van der Waals surface area (Å²) in [5.74, 6) is -0.907. The number of amides is 2. The van der Waals surface area contributed by atoms with Gasteiger partial charge < -0.3 is 10.6 Å². The van der Waals surface area contributed by atoms with Crippen LogP contribution >= 0.6 is 23.2 Å². The largest absolute Gasteiger partial charge is 0.321 e. The highest BCUT2D eigenvalue weighted by atomic mass is 35.5. The molecule has 2 N–H and O–H groups in total. The number of nitrogens with one attached hydrogen (secondary N) is 2. The molecule has 0 bridgehead atoms. The first kappa shape index (κ1) is 17.9. The highest BCUT2D eigenvalue weighted by Gasteiger charge is 2.14. The first-order valence-corrected chi connectivity index (χ1v) is 8.38. The van der Waals surface area contributed by atoms with E-state index in [0.717, 1.165) is 0 Å². The van der Waals surface area contributed by atoms with Crippen LogP contribution in [0.3, 0.4) is 0 Å². The highest BCUT2D eigenvalue weighted by Crippen LogP contribution is 2.21. The maximum absolute atomic E-state index is 12.4. The minimum Gasteiger partial charge on any atom is -0.321 e. The van der Waals surface area contributed by atoms with Crippen LogP contribution in [-0.4, -0.2) is 16.8 Å². The van der Waals surface area contributed by atoms with Crippen LogP contribution in [0.4, 0.5) is 11.4 Å². The number of benzene rings is 2. The Morgan fingerprint density at radius 1 is 0.769 bits per heavy atom. The topological polar surface area (TPSA) is 71.1 Å². The van der Waals surface area contributed by atoms with Crippen molar-refractivity contribution in [3.8, 4) is 0 Å². The van der Waals surface area contributed by atoms with Crippen molar-refractivity contribution in [2.75, 3.05) is 10.6 Å². The molecule has 130 valence electrons. The summed E-state index contributed by atoms with van der Waals surface area (Å²) in [4.78, 5) is 28.8. The summed E-state index contributed by atoms with van der Waals surface area (Å²) in [5, 5.41) is 6.27. The Balaban J connectivity index is 1.76. The van der Waals surface area contributed by atoms with E-state index in [4.69, 9.17) is 23.2 Å². The van der Waals surface area contributed by atoms with E-state index < -0.39 is 11.8 Å². The molecular formula is C19H13Cl2N3O2. The van der Waals surface area contributed by atoms with E-state index in [1.165, 1.54) is 12.1 Å². The molecule has 0 aliphatic heterocycles. The maximum Gasteiger partial charge on any atom is 0.274 e. The molecule has 0 atom stereocenters. The van der Waals surface area contributed by atoms with Crippen LogP contribution in [0.15, 0.2) is 66.7 Å². The minimum absolute atomic E-state index is 0.101. The monoisotopic (exact) mass is 385 g/mol. The molecule has 0 spiro atoms. The SMILES string of the molecule is O=C(Nc1cccc(Cl)c1)c1cccc(C(=O)Nc2ccccc2Cl)n1. The molecule has 3 aromatic rings. The molecule has 26 heavy (non-hydrogen) atoms. The zero-order chi connectivity index (χ0) is 18.5. The number of carbonyl (C=O) groups is 2.